The van der Waals surface area contributed by atoms with Crippen LogP contribution in [0.2, 0.25) is 0 Å². The van der Waals surface area contributed by atoms with E-state index in [-0.39, 0.29) is 0 Å². The summed E-state index contributed by atoms with van der Waals surface area (Å²) >= 11 is 0. The van der Waals surface area contributed by atoms with Gasteiger partial charge >= 0.3 is 0 Å². The molecule has 5 nitrogen and oxygen atoms in total. The van der Waals surface area contributed by atoms with Gasteiger partial charge in [0.05, 0.1) is 12.6 Å². The average Bonchev–Trinajstić information content (AvgIpc) is 3.13. The monoisotopic (exact) mass is 263 g/mol. The Morgan fingerprint density at radius 3 is 2.74 bits per heavy atom. The third kappa shape index (κ3) is 2.96. The molecule has 2 aliphatic carbocycles. The van der Waals surface area contributed by atoms with E-state index >= 15 is 0 Å². The zero-order chi connectivity index (χ0) is 13.2. The fraction of sp³-hybridized carbons (Fsp3) is 0.929. The van der Waals surface area contributed by atoms with Crippen LogP contribution in [0, 0.1) is 11.8 Å². The molecule has 0 radical (unpaired) electrons. The van der Waals surface area contributed by atoms with E-state index in [1.54, 1.807) is 0 Å². The summed E-state index contributed by atoms with van der Waals surface area (Å²) < 4.78 is 2.11. The van der Waals surface area contributed by atoms with Gasteiger partial charge in [0.2, 0.25) is 0 Å². The average molecular weight is 263 g/mol. The van der Waals surface area contributed by atoms with Gasteiger partial charge in [-0.2, -0.15) is 0 Å². The summed E-state index contributed by atoms with van der Waals surface area (Å²) in [6.07, 6.45) is 7.82. The number of aromatic nitrogens is 4. The van der Waals surface area contributed by atoms with Gasteiger partial charge in [-0.15, -0.1) is 5.10 Å². The van der Waals surface area contributed by atoms with Gasteiger partial charge in [-0.1, -0.05) is 26.7 Å². The summed E-state index contributed by atoms with van der Waals surface area (Å²) in [6, 6.07) is 1.21. The van der Waals surface area contributed by atoms with Crippen molar-refractivity contribution < 1.29 is 0 Å². The highest BCUT2D eigenvalue weighted by Gasteiger charge is 2.31. The lowest BCUT2D eigenvalue weighted by Crippen LogP contribution is -2.30. The molecule has 0 spiro atoms. The van der Waals surface area contributed by atoms with Gasteiger partial charge in [0, 0.05) is 6.04 Å². The van der Waals surface area contributed by atoms with E-state index in [0.717, 1.165) is 18.3 Å². The van der Waals surface area contributed by atoms with Crippen molar-refractivity contribution in [2.75, 3.05) is 0 Å². The van der Waals surface area contributed by atoms with Crippen molar-refractivity contribution in [3.8, 4) is 0 Å². The highest BCUT2D eigenvalue weighted by atomic mass is 15.6. The quantitative estimate of drug-likeness (QED) is 0.885. The second-order valence-electron chi connectivity index (χ2n) is 6.45. The Bertz CT molecular complexity index is 410. The van der Waals surface area contributed by atoms with Crippen LogP contribution in [-0.2, 0) is 6.54 Å². The van der Waals surface area contributed by atoms with Crippen LogP contribution in [-0.4, -0.2) is 26.2 Å². The smallest absolute Gasteiger partial charge is 0.165 e. The van der Waals surface area contributed by atoms with Crippen molar-refractivity contribution in [1.82, 2.24) is 25.5 Å². The summed E-state index contributed by atoms with van der Waals surface area (Å²) in [6.45, 7) is 5.48. The molecule has 5 heteroatoms. The van der Waals surface area contributed by atoms with Crippen LogP contribution in [0.1, 0.15) is 64.2 Å². The predicted octanol–water partition coefficient (Wildman–Crippen LogP) is 2.31. The molecule has 1 aromatic rings. The van der Waals surface area contributed by atoms with Gasteiger partial charge in [-0.05, 0) is 47.9 Å². The first-order valence-electron chi connectivity index (χ1n) is 7.76. The molecule has 106 valence electrons. The van der Waals surface area contributed by atoms with E-state index in [4.69, 9.17) is 0 Å². The molecule has 0 saturated heterocycles. The highest BCUT2D eigenvalue weighted by Crippen LogP contribution is 2.38. The Kier molecular flexibility index (Phi) is 3.82. The highest BCUT2D eigenvalue weighted by molar-refractivity contribution is 4.91. The molecule has 1 heterocycles. The van der Waals surface area contributed by atoms with E-state index in [1.807, 2.05) is 0 Å². The van der Waals surface area contributed by atoms with Gasteiger partial charge in [-0.25, -0.2) is 4.68 Å². The Balaban J connectivity index is 1.73. The van der Waals surface area contributed by atoms with Gasteiger partial charge in [0.1, 0.15) is 0 Å². The number of rotatable bonds is 5. The molecule has 2 saturated carbocycles. The topological polar surface area (TPSA) is 55.6 Å². The minimum Gasteiger partial charge on any atom is -0.307 e. The van der Waals surface area contributed by atoms with E-state index in [1.165, 1.54) is 38.5 Å². The summed E-state index contributed by atoms with van der Waals surface area (Å²) in [5, 5.41) is 15.9. The first kappa shape index (κ1) is 13.0. The lowest BCUT2D eigenvalue weighted by Gasteiger charge is -2.34. The largest absolute Gasteiger partial charge is 0.307 e. The standard InChI is InChI=1S/C14H25N5/c1-10(2)12-5-3-4-6-13(12)19-14(16-17-18-19)9-15-11-7-8-11/h10-13,15H,3-9H2,1-2H3. The molecule has 2 unspecified atom stereocenters. The minimum atomic E-state index is 0.500. The second-order valence-corrected chi connectivity index (χ2v) is 6.45. The number of nitrogens with zero attached hydrogens (tertiary/aromatic N) is 4. The van der Waals surface area contributed by atoms with E-state index in [2.05, 4.69) is 39.4 Å². The maximum atomic E-state index is 4.29. The summed E-state index contributed by atoms with van der Waals surface area (Å²) in [7, 11) is 0. The number of nitrogens with one attached hydrogen (secondary N) is 1. The maximum absolute atomic E-state index is 4.29. The van der Waals surface area contributed by atoms with Crippen LogP contribution in [0.5, 0.6) is 0 Å². The molecule has 0 aliphatic heterocycles. The molecule has 1 aromatic heterocycles. The summed E-state index contributed by atoms with van der Waals surface area (Å²) in [5.74, 6) is 2.44. The van der Waals surface area contributed by atoms with E-state index in [0.29, 0.717) is 18.0 Å². The van der Waals surface area contributed by atoms with Crippen LogP contribution in [0.25, 0.3) is 0 Å². The van der Waals surface area contributed by atoms with Gasteiger partial charge in [-0.3, -0.25) is 0 Å². The van der Waals surface area contributed by atoms with Crippen molar-refractivity contribution in [2.45, 2.75) is 71.0 Å². The van der Waals surface area contributed by atoms with Crippen molar-refractivity contribution in [2.24, 2.45) is 11.8 Å². The number of tetrazole rings is 1. The molecule has 2 fully saturated rings. The van der Waals surface area contributed by atoms with Crippen LogP contribution in [0.4, 0.5) is 0 Å². The molecule has 1 N–H and O–H groups in total. The van der Waals surface area contributed by atoms with Crippen molar-refractivity contribution >= 4 is 0 Å². The predicted molar refractivity (Wildman–Crippen MR) is 73.5 cm³/mol. The fourth-order valence-electron chi connectivity index (χ4n) is 3.33. The van der Waals surface area contributed by atoms with Crippen molar-refractivity contribution in [1.29, 1.82) is 0 Å². The summed E-state index contributed by atoms with van der Waals surface area (Å²) in [4.78, 5) is 0. The Morgan fingerprint density at radius 1 is 1.21 bits per heavy atom. The Morgan fingerprint density at radius 2 is 2.00 bits per heavy atom. The lowest BCUT2D eigenvalue weighted by atomic mass is 9.78. The number of hydrogen-bond donors (Lipinski definition) is 1. The van der Waals surface area contributed by atoms with Gasteiger partial charge in [0.15, 0.2) is 5.82 Å². The molecule has 3 rings (SSSR count). The normalized spacial score (nSPS) is 27.9. The zero-order valence-electron chi connectivity index (χ0n) is 12.0. The van der Waals surface area contributed by atoms with Crippen molar-refractivity contribution in [3.05, 3.63) is 5.82 Å². The second kappa shape index (κ2) is 5.57. The fourth-order valence-corrected chi connectivity index (χ4v) is 3.33. The van der Waals surface area contributed by atoms with Crippen LogP contribution in [0.15, 0.2) is 0 Å². The third-order valence-electron chi connectivity index (χ3n) is 4.64. The Labute approximate surface area is 115 Å². The first-order chi connectivity index (χ1) is 9.25. The molecular weight excluding hydrogens is 238 g/mol. The number of hydrogen-bond acceptors (Lipinski definition) is 4. The molecular formula is C14H25N5. The van der Waals surface area contributed by atoms with Crippen LogP contribution >= 0.6 is 0 Å². The minimum absolute atomic E-state index is 0.500. The van der Waals surface area contributed by atoms with Crippen LogP contribution < -0.4 is 5.32 Å². The SMILES string of the molecule is CC(C)C1CCCCC1n1nnnc1CNC1CC1. The molecule has 2 atom stereocenters. The van der Waals surface area contributed by atoms with E-state index < -0.39 is 0 Å². The molecule has 19 heavy (non-hydrogen) atoms. The maximum Gasteiger partial charge on any atom is 0.165 e. The first-order valence-corrected chi connectivity index (χ1v) is 7.76. The molecule has 2 aliphatic rings. The summed E-state index contributed by atoms with van der Waals surface area (Å²) in [5.41, 5.74) is 0. The van der Waals surface area contributed by atoms with Crippen LogP contribution in [0.3, 0.4) is 0 Å². The van der Waals surface area contributed by atoms with Crippen molar-refractivity contribution in [3.63, 3.8) is 0 Å². The molecule has 0 bridgehead atoms. The van der Waals surface area contributed by atoms with Gasteiger partial charge < -0.3 is 5.32 Å². The van der Waals surface area contributed by atoms with Gasteiger partial charge in [0.25, 0.3) is 0 Å². The molecule has 0 amide bonds. The Hall–Kier alpha value is -0.970. The van der Waals surface area contributed by atoms with E-state index in [9.17, 15) is 0 Å². The third-order valence-corrected chi connectivity index (χ3v) is 4.64. The zero-order valence-corrected chi connectivity index (χ0v) is 12.0. The lowest BCUT2D eigenvalue weighted by molar-refractivity contribution is 0.166. The molecule has 0 aromatic carbocycles.